The molecule has 1 aliphatic rings. The van der Waals surface area contributed by atoms with Crippen LogP contribution in [-0.2, 0) is 9.84 Å². The molecule has 1 aromatic carbocycles. The number of halogens is 3. The molecule has 1 saturated carbocycles. The Kier molecular flexibility index (Phi) is 3.72. The predicted molar refractivity (Wildman–Crippen MR) is 68.9 cm³/mol. The Hall–Kier alpha value is -1.28. The summed E-state index contributed by atoms with van der Waals surface area (Å²) in [5, 5.41) is 2.79. The Bertz CT molecular complexity index is 595. The number of nitrogens with one attached hydrogen (secondary N) is 1. The van der Waals surface area contributed by atoms with Crippen molar-refractivity contribution in [3.8, 4) is 0 Å². The molecule has 1 aromatic rings. The van der Waals surface area contributed by atoms with Crippen molar-refractivity contribution in [3.63, 3.8) is 0 Å². The first-order valence-electron chi connectivity index (χ1n) is 6.06. The van der Waals surface area contributed by atoms with Gasteiger partial charge in [0, 0.05) is 6.54 Å². The standard InChI is InChI=1S/C12H15F3N2O2S/c13-12(14,15)20(18,19)10-4-2-1-3-9(10)17-8-11(7-16)5-6-11/h1-4,17H,5-8,16H2. The number of rotatable bonds is 5. The maximum absolute atomic E-state index is 12.6. The maximum atomic E-state index is 12.6. The van der Waals surface area contributed by atoms with Gasteiger partial charge < -0.3 is 11.1 Å². The summed E-state index contributed by atoms with van der Waals surface area (Å²) in [6, 6.07) is 5.03. The molecule has 0 aromatic heterocycles. The molecule has 0 bridgehead atoms. The third-order valence-electron chi connectivity index (χ3n) is 3.53. The van der Waals surface area contributed by atoms with Gasteiger partial charge in [0.15, 0.2) is 0 Å². The lowest BCUT2D eigenvalue weighted by Gasteiger charge is -2.17. The SMILES string of the molecule is NCC1(CNc2ccccc2S(=O)(=O)C(F)(F)F)CC1. The van der Waals surface area contributed by atoms with Gasteiger partial charge in [-0.2, -0.15) is 13.2 Å². The highest BCUT2D eigenvalue weighted by Crippen LogP contribution is 2.45. The van der Waals surface area contributed by atoms with Crippen LogP contribution in [0.25, 0.3) is 0 Å². The van der Waals surface area contributed by atoms with Crippen LogP contribution in [-0.4, -0.2) is 27.0 Å². The fraction of sp³-hybridized carbons (Fsp3) is 0.500. The van der Waals surface area contributed by atoms with Crippen LogP contribution in [0.15, 0.2) is 29.2 Å². The molecule has 1 fully saturated rings. The fourth-order valence-electron chi connectivity index (χ4n) is 1.88. The molecule has 0 amide bonds. The second kappa shape index (κ2) is 4.92. The normalized spacial score (nSPS) is 17.8. The van der Waals surface area contributed by atoms with Gasteiger partial charge in [0.05, 0.1) is 10.6 Å². The third-order valence-corrected chi connectivity index (χ3v) is 5.07. The topological polar surface area (TPSA) is 72.2 Å². The molecule has 0 spiro atoms. The Morgan fingerprint density at radius 1 is 1.25 bits per heavy atom. The highest BCUT2D eigenvalue weighted by Gasteiger charge is 2.48. The molecular formula is C12H15F3N2O2S. The van der Waals surface area contributed by atoms with Crippen LogP contribution in [0.5, 0.6) is 0 Å². The van der Waals surface area contributed by atoms with Crippen LogP contribution < -0.4 is 11.1 Å². The molecule has 0 radical (unpaired) electrons. The largest absolute Gasteiger partial charge is 0.501 e. The zero-order chi connectivity index (χ0) is 15.0. The van der Waals surface area contributed by atoms with E-state index in [1.165, 1.54) is 18.2 Å². The maximum Gasteiger partial charge on any atom is 0.501 e. The van der Waals surface area contributed by atoms with Gasteiger partial charge in [-0.15, -0.1) is 0 Å². The molecule has 3 N–H and O–H groups in total. The number of anilines is 1. The quantitative estimate of drug-likeness (QED) is 0.874. The molecule has 0 atom stereocenters. The van der Waals surface area contributed by atoms with Gasteiger partial charge in [-0.1, -0.05) is 12.1 Å². The highest BCUT2D eigenvalue weighted by atomic mass is 32.2. The van der Waals surface area contributed by atoms with Crippen LogP contribution in [0.1, 0.15) is 12.8 Å². The second-order valence-electron chi connectivity index (χ2n) is 5.00. The van der Waals surface area contributed by atoms with E-state index >= 15 is 0 Å². The van der Waals surface area contributed by atoms with Crippen LogP contribution in [0, 0.1) is 5.41 Å². The summed E-state index contributed by atoms with van der Waals surface area (Å²) in [5.41, 5.74) is 0.125. The van der Waals surface area contributed by atoms with Crippen LogP contribution in [0.3, 0.4) is 0 Å². The molecule has 0 aliphatic heterocycles. The third kappa shape index (κ3) is 2.76. The van der Waals surface area contributed by atoms with Gasteiger partial charge in [-0.05, 0) is 36.9 Å². The minimum Gasteiger partial charge on any atom is -0.383 e. The summed E-state index contributed by atoms with van der Waals surface area (Å²) in [6.45, 7) is 0.794. The first kappa shape index (κ1) is 15.1. The van der Waals surface area contributed by atoms with E-state index in [2.05, 4.69) is 5.32 Å². The molecule has 0 unspecified atom stereocenters. The Balaban J connectivity index is 2.27. The van der Waals surface area contributed by atoms with Crippen molar-refractivity contribution in [2.24, 2.45) is 11.1 Å². The monoisotopic (exact) mass is 308 g/mol. The van der Waals surface area contributed by atoms with E-state index in [1.807, 2.05) is 0 Å². The van der Waals surface area contributed by atoms with E-state index in [0.717, 1.165) is 18.9 Å². The van der Waals surface area contributed by atoms with Crippen LogP contribution >= 0.6 is 0 Å². The van der Waals surface area contributed by atoms with Gasteiger partial charge in [-0.25, -0.2) is 8.42 Å². The van der Waals surface area contributed by atoms with Gasteiger partial charge in [-0.3, -0.25) is 0 Å². The zero-order valence-corrected chi connectivity index (χ0v) is 11.4. The van der Waals surface area contributed by atoms with E-state index in [1.54, 1.807) is 0 Å². The molecule has 2 rings (SSSR count). The van der Waals surface area contributed by atoms with Crippen LogP contribution in [0.2, 0.25) is 0 Å². The summed E-state index contributed by atoms with van der Waals surface area (Å²) in [6.07, 6.45) is 1.79. The minimum atomic E-state index is -5.35. The molecule has 1 aliphatic carbocycles. The lowest BCUT2D eigenvalue weighted by atomic mass is 10.1. The van der Waals surface area contributed by atoms with E-state index in [4.69, 9.17) is 5.73 Å². The molecular weight excluding hydrogens is 293 g/mol. The van der Waals surface area contributed by atoms with Gasteiger partial charge >= 0.3 is 5.51 Å². The number of benzene rings is 1. The number of hydrogen-bond donors (Lipinski definition) is 2. The van der Waals surface area contributed by atoms with E-state index in [-0.39, 0.29) is 11.1 Å². The number of nitrogens with two attached hydrogens (primary N) is 1. The van der Waals surface area contributed by atoms with Crippen molar-refractivity contribution in [3.05, 3.63) is 24.3 Å². The number of alkyl halides is 3. The first-order chi connectivity index (χ1) is 9.22. The Morgan fingerprint density at radius 3 is 2.35 bits per heavy atom. The van der Waals surface area contributed by atoms with E-state index in [9.17, 15) is 21.6 Å². The molecule has 8 heteroatoms. The van der Waals surface area contributed by atoms with Crippen molar-refractivity contribution >= 4 is 15.5 Å². The van der Waals surface area contributed by atoms with Gasteiger partial charge in [0.2, 0.25) is 0 Å². The second-order valence-corrected chi connectivity index (χ2v) is 6.91. The van der Waals surface area contributed by atoms with Crippen molar-refractivity contribution in [1.82, 2.24) is 0 Å². The predicted octanol–water partition coefficient (Wildman–Crippen LogP) is 2.13. The van der Waals surface area contributed by atoms with Crippen molar-refractivity contribution in [2.75, 3.05) is 18.4 Å². The highest BCUT2D eigenvalue weighted by molar-refractivity contribution is 7.92. The molecule has 4 nitrogen and oxygen atoms in total. The lowest BCUT2D eigenvalue weighted by Crippen LogP contribution is -2.27. The van der Waals surface area contributed by atoms with E-state index in [0.29, 0.717) is 13.1 Å². The average Bonchev–Trinajstić information content (AvgIpc) is 3.16. The summed E-state index contributed by atoms with van der Waals surface area (Å²) < 4.78 is 60.8. The fourth-order valence-corrected chi connectivity index (χ4v) is 2.82. The van der Waals surface area contributed by atoms with Crippen LogP contribution in [0.4, 0.5) is 18.9 Å². The Labute approximate surface area is 115 Å². The molecule has 20 heavy (non-hydrogen) atoms. The smallest absolute Gasteiger partial charge is 0.383 e. The number of para-hydroxylation sites is 1. The molecule has 0 heterocycles. The summed E-state index contributed by atoms with van der Waals surface area (Å²) in [7, 11) is -5.35. The number of hydrogen-bond acceptors (Lipinski definition) is 4. The number of sulfone groups is 1. The molecule has 112 valence electrons. The lowest BCUT2D eigenvalue weighted by molar-refractivity contribution is -0.0435. The Morgan fingerprint density at radius 2 is 1.85 bits per heavy atom. The van der Waals surface area contributed by atoms with E-state index < -0.39 is 20.2 Å². The van der Waals surface area contributed by atoms with Crippen molar-refractivity contribution < 1.29 is 21.6 Å². The summed E-state index contributed by atoms with van der Waals surface area (Å²) in [4.78, 5) is -0.750. The van der Waals surface area contributed by atoms with Crippen molar-refractivity contribution in [1.29, 1.82) is 0 Å². The first-order valence-corrected chi connectivity index (χ1v) is 7.55. The zero-order valence-electron chi connectivity index (χ0n) is 10.6. The molecule has 0 saturated heterocycles. The summed E-state index contributed by atoms with van der Waals surface area (Å²) in [5.74, 6) is 0. The van der Waals surface area contributed by atoms with Gasteiger partial charge in [0.1, 0.15) is 0 Å². The van der Waals surface area contributed by atoms with Gasteiger partial charge in [0.25, 0.3) is 9.84 Å². The minimum absolute atomic E-state index is 0.0375. The van der Waals surface area contributed by atoms with Crippen molar-refractivity contribution in [2.45, 2.75) is 23.2 Å². The average molecular weight is 308 g/mol. The summed E-state index contributed by atoms with van der Waals surface area (Å²) >= 11 is 0.